The van der Waals surface area contributed by atoms with Gasteiger partial charge in [0.25, 0.3) is 0 Å². The summed E-state index contributed by atoms with van der Waals surface area (Å²) in [6.07, 6.45) is 5.20. The zero-order chi connectivity index (χ0) is 16.0. The second-order valence-electron chi connectivity index (χ2n) is 5.96. The number of H-pyrrole nitrogens is 1. The number of ether oxygens (including phenoxy) is 1. The molecule has 1 aliphatic heterocycles. The summed E-state index contributed by atoms with van der Waals surface area (Å²) < 4.78 is 4.60. The lowest BCUT2D eigenvalue weighted by molar-refractivity contribution is -0.154. The molecule has 0 bridgehead atoms. The van der Waals surface area contributed by atoms with Gasteiger partial charge in [-0.05, 0) is 12.0 Å². The first-order chi connectivity index (χ1) is 9.83. The number of hydrogen-bond acceptors (Lipinski definition) is 5. The lowest BCUT2D eigenvalue weighted by atomic mass is 9.72. The highest BCUT2D eigenvalue weighted by atomic mass is 16.6. The zero-order valence-corrected chi connectivity index (χ0v) is 13.2. The predicted octanol–water partition coefficient (Wildman–Crippen LogP) is 1.67. The molecule has 118 valence electrons. The first kappa shape index (κ1) is 17.4. The number of carbonyl (C=O) groups excluding carboxylic acids is 2. The minimum atomic E-state index is -0.378. The lowest BCUT2D eigenvalue weighted by Crippen LogP contribution is -2.31. The molecule has 1 saturated heterocycles. The molecule has 0 radical (unpaired) electrons. The van der Waals surface area contributed by atoms with Gasteiger partial charge in [-0.25, -0.2) is 4.98 Å². The minimum absolute atomic E-state index is 0.150. The van der Waals surface area contributed by atoms with Crippen LogP contribution in [0.2, 0.25) is 0 Å². The van der Waals surface area contributed by atoms with Gasteiger partial charge in [0.15, 0.2) is 0 Å². The van der Waals surface area contributed by atoms with Crippen molar-refractivity contribution >= 4 is 11.9 Å². The second-order valence-corrected chi connectivity index (χ2v) is 5.96. The third kappa shape index (κ3) is 4.39. The number of rotatable bonds is 4. The second kappa shape index (κ2) is 7.36. The summed E-state index contributed by atoms with van der Waals surface area (Å²) in [5.74, 6) is -1.30. The Bertz CT molecular complexity index is 469. The van der Waals surface area contributed by atoms with Gasteiger partial charge in [0.1, 0.15) is 0 Å². The zero-order valence-electron chi connectivity index (χ0n) is 13.2. The molecular weight excluding hydrogens is 270 g/mol. The third-order valence-electron chi connectivity index (χ3n) is 4.05. The number of aromatic nitrogens is 2. The molecule has 2 rings (SSSR count). The molecule has 0 amide bonds. The Morgan fingerprint density at radius 2 is 2.05 bits per heavy atom. The van der Waals surface area contributed by atoms with E-state index in [0.29, 0.717) is 6.54 Å². The van der Waals surface area contributed by atoms with E-state index in [-0.39, 0.29) is 29.2 Å². The van der Waals surface area contributed by atoms with Crippen LogP contribution in [0, 0.1) is 17.3 Å². The summed E-state index contributed by atoms with van der Waals surface area (Å²) in [6.45, 7) is 8.45. The number of imidazole rings is 1. The first-order valence-electron chi connectivity index (χ1n) is 7.26. The van der Waals surface area contributed by atoms with Gasteiger partial charge >= 0.3 is 11.9 Å². The topological polar surface area (TPSA) is 98.1 Å². The quantitative estimate of drug-likeness (QED) is 0.650. The number of cyclic esters (lactones) is 2. The fourth-order valence-electron chi connectivity index (χ4n) is 2.39. The predicted molar refractivity (Wildman–Crippen MR) is 79.2 cm³/mol. The van der Waals surface area contributed by atoms with Crippen LogP contribution in [0.25, 0.3) is 0 Å². The van der Waals surface area contributed by atoms with Gasteiger partial charge < -0.3 is 15.5 Å². The monoisotopic (exact) mass is 295 g/mol. The average Bonchev–Trinajstić information content (AvgIpc) is 3.00. The maximum atomic E-state index is 11.4. The maximum absolute atomic E-state index is 11.4. The van der Waals surface area contributed by atoms with Crippen molar-refractivity contribution in [1.82, 2.24) is 9.97 Å². The Morgan fingerprint density at radius 3 is 2.43 bits per heavy atom. The maximum Gasteiger partial charge on any atom is 0.318 e. The number of carbonyl (C=O) groups is 2. The number of nitrogens with one attached hydrogen (secondary N) is 1. The summed E-state index contributed by atoms with van der Waals surface area (Å²) >= 11 is 0. The number of nitrogens with two attached hydrogens (primary N) is 1. The molecular formula is C15H25N3O3. The van der Waals surface area contributed by atoms with Gasteiger partial charge in [0, 0.05) is 18.3 Å². The van der Waals surface area contributed by atoms with Crippen LogP contribution in [0.5, 0.6) is 0 Å². The molecule has 0 spiro atoms. The van der Waals surface area contributed by atoms with Crippen LogP contribution < -0.4 is 5.73 Å². The molecule has 6 nitrogen and oxygen atoms in total. The SMILES string of the molecule is CCC(C)(C)C1C(=O)OC(=O)C1C.NCCc1cnc[nH]1. The summed E-state index contributed by atoms with van der Waals surface area (Å²) in [5, 5.41) is 0. The molecule has 2 unspecified atom stereocenters. The average molecular weight is 295 g/mol. The fourth-order valence-corrected chi connectivity index (χ4v) is 2.39. The van der Waals surface area contributed by atoms with Gasteiger partial charge in [-0.3, -0.25) is 9.59 Å². The van der Waals surface area contributed by atoms with Gasteiger partial charge in [0.2, 0.25) is 0 Å². The minimum Gasteiger partial charge on any atom is -0.393 e. The van der Waals surface area contributed by atoms with Crippen molar-refractivity contribution in [2.45, 2.75) is 40.5 Å². The van der Waals surface area contributed by atoms with Crippen molar-refractivity contribution in [1.29, 1.82) is 0 Å². The van der Waals surface area contributed by atoms with E-state index in [0.717, 1.165) is 18.5 Å². The number of esters is 2. The van der Waals surface area contributed by atoms with Gasteiger partial charge in [0.05, 0.1) is 18.2 Å². The largest absolute Gasteiger partial charge is 0.393 e. The van der Waals surface area contributed by atoms with E-state index in [1.807, 2.05) is 20.8 Å². The van der Waals surface area contributed by atoms with Crippen molar-refractivity contribution < 1.29 is 14.3 Å². The summed E-state index contributed by atoms with van der Waals surface area (Å²) in [6, 6.07) is 0. The van der Waals surface area contributed by atoms with Gasteiger partial charge in [-0.15, -0.1) is 0 Å². The van der Waals surface area contributed by atoms with Crippen molar-refractivity contribution in [2.24, 2.45) is 23.0 Å². The van der Waals surface area contributed by atoms with Crippen LogP contribution in [-0.4, -0.2) is 28.5 Å². The Morgan fingerprint density at radius 1 is 1.38 bits per heavy atom. The fraction of sp³-hybridized carbons (Fsp3) is 0.667. The van der Waals surface area contributed by atoms with Crippen molar-refractivity contribution in [2.75, 3.05) is 6.54 Å². The summed E-state index contributed by atoms with van der Waals surface area (Å²) in [7, 11) is 0. The Balaban J connectivity index is 0.000000235. The molecule has 6 heteroatoms. The van der Waals surface area contributed by atoms with Gasteiger partial charge in [-0.2, -0.15) is 0 Å². The van der Waals surface area contributed by atoms with Crippen molar-refractivity contribution in [3.05, 3.63) is 18.2 Å². The highest BCUT2D eigenvalue weighted by molar-refractivity contribution is 5.96. The molecule has 0 saturated carbocycles. The van der Waals surface area contributed by atoms with E-state index in [1.54, 1.807) is 19.4 Å². The Kier molecular flexibility index (Phi) is 6.08. The summed E-state index contributed by atoms with van der Waals surface area (Å²) in [4.78, 5) is 29.2. The normalized spacial score (nSPS) is 21.8. The van der Waals surface area contributed by atoms with Crippen LogP contribution in [0.15, 0.2) is 12.5 Å². The number of aromatic amines is 1. The van der Waals surface area contributed by atoms with E-state index >= 15 is 0 Å². The Hall–Kier alpha value is -1.69. The molecule has 0 aliphatic carbocycles. The first-order valence-corrected chi connectivity index (χ1v) is 7.26. The Labute approximate surface area is 125 Å². The molecule has 1 aromatic heterocycles. The molecule has 2 atom stereocenters. The molecule has 1 aromatic rings. The van der Waals surface area contributed by atoms with E-state index in [1.165, 1.54) is 0 Å². The van der Waals surface area contributed by atoms with Crippen LogP contribution in [0.3, 0.4) is 0 Å². The molecule has 21 heavy (non-hydrogen) atoms. The van der Waals surface area contributed by atoms with Crippen LogP contribution in [-0.2, 0) is 20.7 Å². The van der Waals surface area contributed by atoms with Gasteiger partial charge in [-0.1, -0.05) is 34.1 Å². The molecule has 3 N–H and O–H groups in total. The van der Waals surface area contributed by atoms with Crippen LogP contribution >= 0.6 is 0 Å². The van der Waals surface area contributed by atoms with E-state index in [9.17, 15) is 9.59 Å². The standard InChI is InChI=1S/C10H16O3.C5H9N3/c1-5-10(3,4)7-6(2)8(11)13-9(7)12;6-2-1-5-3-7-4-8-5/h6-7H,5H2,1-4H3;3-4H,1-2,6H2,(H,7,8). The molecule has 1 fully saturated rings. The lowest BCUT2D eigenvalue weighted by Gasteiger charge is -2.28. The van der Waals surface area contributed by atoms with Crippen molar-refractivity contribution in [3.63, 3.8) is 0 Å². The molecule has 0 aromatic carbocycles. The molecule has 2 heterocycles. The smallest absolute Gasteiger partial charge is 0.318 e. The van der Waals surface area contributed by atoms with Crippen molar-refractivity contribution in [3.8, 4) is 0 Å². The van der Waals surface area contributed by atoms with E-state index in [4.69, 9.17) is 5.73 Å². The molecule has 1 aliphatic rings. The summed E-state index contributed by atoms with van der Waals surface area (Å²) in [5.41, 5.74) is 6.23. The van der Waals surface area contributed by atoms with Crippen LogP contribution in [0.4, 0.5) is 0 Å². The van der Waals surface area contributed by atoms with Crippen LogP contribution in [0.1, 0.15) is 39.8 Å². The highest BCUT2D eigenvalue weighted by Gasteiger charge is 2.48. The third-order valence-corrected chi connectivity index (χ3v) is 4.05. The van der Waals surface area contributed by atoms with E-state index < -0.39 is 0 Å². The number of nitrogens with zero attached hydrogens (tertiary/aromatic N) is 1. The number of hydrogen-bond donors (Lipinski definition) is 2. The van der Waals surface area contributed by atoms with E-state index in [2.05, 4.69) is 14.7 Å². The highest BCUT2D eigenvalue weighted by Crippen LogP contribution is 2.40.